The van der Waals surface area contributed by atoms with E-state index in [4.69, 9.17) is 0 Å². The molecule has 1 aromatic heterocycles. The van der Waals surface area contributed by atoms with E-state index in [0.29, 0.717) is 5.54 Å². The van der Waals surface area contributed by atoms with Crippen molar-refractivity contribution in [2.24, 2.45) is 11.8 Å². The van der Waals surface area contributed by atoms with Crippen LogP contribution in [0.4, 0.5) is 0 Å². The summed E-state index contributed by atoms with van der Waals surface area (Å²) in [6.45, 7) is 1.20. The van der Waals surface area contributed by atoms with Gasteiger partial charge >= 0.3 is 0 Å². The minimum absolute atomic E-state index is 0.421. The molecule has 3 atom stereocenters. The Hall–Kier alpha value is -0.340. The Morgan fingerprint density at radius 3 is 3.47 bits per heavy atom. The number of thiophene rings is 1. The summed E-state index contributed by atoms with van der Waals surface area (Å²) in [4.78, 5) is 1.70. The molecule has 3 unspecified atom stereocenters. The molecule has 1 aliphatic heterocycles. The smallest absolute Gasteiger partial charge is 0.0562 e. The quantitative estimate of drug-likeness (QED) is 0.707. The molecule has 80 valence electrons. The van der Waals surface area contributed by atoms with E-state index in [9.17, 15) is 0 Å². The molecule has 15 heavy (non-hydrogen) atoms. The number of nitrogens with one attached hydrogen (secondary N) is 1. The van der Waals surface area contributed by atoms with Crippen LogP contribution in [-0.2, 0) is 12.0 Å². The zero-order chi connectivity index (χ0) is 9.88. The summed E-state index contributed by atoms with van der Waals surface area (Å²) in [6, 6.07) is 2.36. The van der Waals surface area contributed by atoms with Crippen molar-refractivity contribution in [2.45, 2.75) is 37.6 Å². The van der Waals surface area contributed by atoms with Crippen molar-refractivity contribution in [1.29, 1.82) is 0 Å². The van der Waals surface area contributed by atoms with E-state index in [-0.39, 0.29) is 0 Å². The van der Waals surface area contributed by atoms with E-state index in [0.717, 1.165) is 11.8 Å². The SMILES string of the molecule is c1cc2c(s1)C1(CCCC3CC31)NCC2. The molecule has 1 spiro atoms. The highest BCUT2D eigenvalue weighted by Crippen LogP contribution is 2.60. The van der Waals surface area contributed by atoms with Crippen LogP contribution in [0.5, 0.6) is 0 Å². The molecule has 4 rings (SSSR count). The Morgan fingerprint density at radius 2 is 2.47 bits per heavy atom. The van der Waals surface area contributed by atoms with E-state index < -0.39 is 0 Å². The highest BCUT2D eigenvalue weighted by molar-refractivity contribution is 7.10. The molecule has 2 heterocycles. The molecule has 0 aromatic carbocycles. The first-order chi connectivity index (χ1) is 7.40. The minimum atomic E-state index is 0.421. The van der Waals surface area contributed by atoms with Crippen molar-refractivity contribution >= 4 is 11.3 Å². The average Bonchev–Trinajstić information content (AvgIpc) is 2.89. The number of fused-ring (bicyclic) bond motifs is 4. The molecule has 1 aromatic rings. The van der Waals surface area contributed by atoms with Crippen LogP contribution >= 0.6 is 11.3 Å². The maximum Gasteiger partial charge on any atom is 0.0562 e. The van der Waals surface area contributed by atoms with Crippen LogP contribution in [0.3, 0.4) is 0 Å². The van der Waals surface area contributed by atoms with Crippen LogP contribution in [0.2, 0.25) is 0 Å². The predicted molar refractivity (Wildman–Crippen MR) is 63.2 cm³/mol. The highest BCUT2D eigenvalue weighted by Gasteiger charge is 2.57. The third-order valence-corrected chi connectivity index (χ3v) is 5.82. The first kappa shape index (κ1) is 8.77. The lowest BCUT2D eigenvalue weighted by molar-refractivity contribution is 0.208. The van der Waals surface area contributed by atoms with Gasteiger partial charge in [0.2, 0.25) is 0 Å². The van der Waals surface area contributed by atoms with Crippen molar-refractivity contribution in [1.82, 2.24) is 5.32 Å². The van der Waals surface area contributed by atoms with Crippen LogP contribution in [0.1, 0.15) is 36.1 Å². The van der Waals surface area contributed by atoms with Gasteiger partial charge in [-0.15, -0.1) is 11.3 Å². The van der Waals surface area contributed by atoms with Crippen molar-refractivity contribution in [3.05, 3.63) is 21.9 Å². The number of hydrogen-bond donors (Lipinski definition) is 1. The first-order valence-corrected chi connectivity index (χ1v) is 7.10. The lowest BCUT2D eigenvalue weighted by Gasteiger charge is -2.41. The minimum Gasteiger partial charge on any atom is -0.306 e. The Morgan fingerprint density at radius 1 is 1.47 bits per heavy atom. The fourth-order valence-electron chi connectivity index (χ4n) is 3.92. The van der Waals surface area contributed by atoms with Gasteiger partial charge in [-0.25, -0.2) is 0 Å². The lowest BCUT2D eigenvalue weighted by atomic mass is 9.77. The van der Waals surface area contributed by atoms with E-state index in [1.54, 1.807) is 10.4 Å². The largest absolute Gasteiger partial charge is 0.306 e. The molecule has 1 nitrogen and oxygen atoms in total. The molecule has 2 saturated carbocycles. The zero-order valence-corrected chi connectivity index (χ0v) is 9.78. The van der Waals surface area contributed by atoms with Crippen molar-refractivity contribution < 1.29 is 0 Å². The Balaban J connectivity index is 1.83. The van der Waals surface area contributed by atoms with Crippen LogP contribution in [0, 0.1) is 11.8 Å². The van der Waals surface area contributed by atoms with Gasteiger partial charge in [-0.2, -0.15) is 0 Å². The molecular formula is C13H17NS. The molecule has 0 radical (unpaired) electrons. The monoisotopic (exact) mass is 219 g/mol. The second kappa shape index (κ2) is 2.86. The summed E-state index contributed by atoms with van der Waals surface area (Å²) in [5, 5.41) is 6.18. The van der Waals surface area contributed by atoms with Gasteiger partial charge < -0.3 is 5.32 Å². The van der Waals surface area contributed by atoms with Crippen LogP contribution < -0.4 is 5.32 Å². The Bertz CT molecular complexity index is 397. The Labute approximate surface area is 94.9 Å². The van der Waals surface area contributed by atoms with Crippen molar-refractivity contribution in [2.75, 3.05) is 6.54 Å². The van der Waals surface area contributed by atoms with Gasteiger partial charge in [-0.3, -0.25) is 0 Å². The lowest BCUT2D eigenvalue weighted by Crippen LogP contribution is -2.49. The van der Waals surface area contributed by atoms with Gasteiger partial charge in [0.1, 0.15) is 0 Å². The van der Waals surface area contributed by atoms with Gasteiger partial charge in [0.05, 0.1) is 5.54 Å². The van der Waals surface area contributed by atoms with Crippen LogP contribution in [0.15, 0.2) is 11.4 Å². The third kappa shape index (κ3) is 1.07. The van der Waals surface area contributed by atoms with E-state index in [1.165, 1.54) is 38.6 Å². The van der Waals surface area contributed by atoms with Gasteiger partial charge in [0.15, 0.2) is 0 Å². The fraction of sp³-hybridized carbons (Fsp3) is 0.692. The predicted octanol–water partition coefficient (Wildman–Crippen LogP) is 2.91. The maximum absolute atomic E-state index is 3.88. The molecule has 2 fully saturated rings. The number of hydrogen-bond acceptors (Lipinski definition) is 2. The van der Waals surface area contributed by atoms with E-state index in [2.05, 4.69) is 16.8 Å². The summed E-state index contributed by atoms with van der Waals surface area (Å²) >= 11 is 2.00. The topological polar surface area (TPSA) is 12.0 Å². The first-order valence-electron chi connectivity index (χ1n) is 6.22. The van der Waals surface area contributed by atoms with Crippen molar-refractivity contribution in [3.8, 4) is 0 Å². The molecule has 0 amide bonds. The summed E-state index contributed by atoms with van der Waals surface area (Å²) < 4.78 is 0. The summed E-state index contributed by atoms with van der Waals surface area (Å²) in [5.74, 6) is 2.03. The molecule has 3 aliphatic rings. The van der Waals surface area contributed by atoms with Crippen LogP contribution in [0.25, 0.3) is 0 Å². The standard InChI is InChI=1S/C13H17NS/c1-2-10-8-11(10)13(5-1)12-9(3-6-14-13)4-7-15-12/h4,7,10-11,14H,1-3,5-6,8H2. The Kier molecular flexibility index (Phi) is 1.67. The molecule has 0 bridgehead atoms. The van der Waals surface area contributed by atoms with Gasteiger partial charge in [0, 0.05) is 11.4 Å². The summed E-state index contributed by atoms with van der Waals surface area (Å²) in [7, 11) is 0. The fourth-order valence-corrected chi connectivity index (χ4v) is 5.15. The molecule has 0 saturated heterocycles. The summed E-state index contributed by atoms with van der Waals surface area (Å²) in [5.41, 5.74) is 2.07. The normalized spacial score (nSPS) is 42.4. The molecular weight excluding hydrogens is 202 g/mol. The van der Waals surface area contributed by atoms with Gasteiger partial charge in [-0.1, -0.05) is 12.8 Å². The van der Waals surface area contributed by atoms with Crippen molar-refractivity contribution in [3.63, 3.8) is 0 Å². The molecule has 2 heteroatoms. The van der Waals surface area contributed by atoms with E-state index >= 15 is 0 Å². The second-order valence-electron chi connectivity index (χ2n) is 5.42. The van der Waals surface area contributed by atoms with Gasteiger partial charge in [-0.05, 0) is 48.1 Å². The zero-order valence-electron chi connectivity index (χ0n) is 8.96. The van der Waals surface area contributed by atoms with E-state index in [1.807, 2.05) is 11.3 Å². The third-order valence-electron chi connectivity index (χ3n) is 4.69. The maximum atomic E-state index is 3.88. The highest BCUT2D eigenvalue weighted by atomic mass is 32.1. The average molecular weight is 219 g/mol. The molecule has 1 N–H and O–H groups in total. The van der Waals surface area contributed by atoms with Crippen LogP contribution in [-0.4, -0.2) is 6.54 Å². The second-order valence-corrected chi connectivity index (χ2v) is 6.33. The summed E-state index contributed by atoms with van der Waals surface area (Å²) in [6.07, 6.45) is 7.06. The van der Waals surface area contributed by atoms with Gasteiger partial charge in [0.25, 0.3) is 0 Å². The number of rotatable bonds is 0. The molecule has 2 aliphatic carbocycles.